The fourth-order valence-electron chi connectivity index (χ4n) is 4.62. The molecule has 0 bridgehead atoms. The van der Waals surface area contributed by atoms with Gasteiger partial charge in [-0.25, -0.2) is 0 Å². The molecule has 2 aliphatic rings. The number of hydrogen-bond acceptors (Lipinski definition) is 5. The Morgan fingerprint density at radius 2 is 1.97 bits per heavy atom. The van der Waals surface area contributed by atoms with Crippen LogP contribution in [0.4, 0.5) is 5.69 Å². The van der Waals surface area contributed by atoms with E-state index < -0.39 is 0 Å². The Kier molecular flexibility index (Phi) is 6.19. The fourth-order valence-corrected chi connectivity index (χ4v) is 4.62. The number of piperazine rings is 1. The number of carbonyl (C=O) groups excluding carboxylic acids is 1. The van der Waals surface area contributed by atoms with Gasteiger partial charge in [-0.05, 0) is 37.8 Å². The molecule has 2 aromatic rings. The zero-order valence-electron chi connectivity index (χ0n) is 17.6. The van der Waals surface area contributed by atoms with Crippen LogP contribution in [0.5, 0.6) is 0 Å². The molecule has 0 saturated carbocycles. The average molecular weight is 397 g/mol. The Hall–Kier alpha value is -2.34. The summed E-state index contributed by atoms with van der Waals surface area (Å²) in [4.78, 5) is 19.9. The molecule has 0 spiro atoms. The standard InChI is InChI=1S/C23H32N4O2/c1-3-7-20-16-21(24-29-20)23(28)27-11-6-9-19(17-27)25-12-14-26(15-13-25)22-10-5-4-8-18(22)2/h4-5,8,10,16,19H,3,6-7,9,11-15,17H2,1-2H3/t19-/m0/s1. The number of benzene rings is 1. The first-order chi connectivity index (χ1) is 14.2. The lowest BCUT2D eigenvalue weighted by Gasteiger charge is -2.44. The lowest BCUT2D eigenvalue weighted by molar-refractivity contribution is 0.0554. The first kappa shape index (κ1) is 20.0. The Morgan fingerprint density at radius 1 is 1.17 bits per heavy atom. The van der Waals surface area contributed by atoms with Crippen molar-refractivity contribution in [2.24, 2.45) is 0 Å². The maximum atomic E-state index is 12.9. The maximum Gasteiger partial charge on any atom is 0.276 e. The minimum absolute atomic E-state index is 0.0133. The topological polar surface area (TPSA) is 52.8 Å². The largest absolute Gasteiger partial charge is 0.369 e. The monoisotopic (exact) mass is 396 g/mol. The van der Waals surface area contributed by atoms with Crippen molar-refractivity contribution in [1.29, 1.82) is 0 Å². The molecule has 6 nitrogen and oxygen atoms in total. The van der Waals surface area contributed by atoms with E-state index in [1.807, 2.05) is 11.0 Å². The average Bonchev–Trinajstić information content (AvgIpc) is 3.23. The first-order valence-corrected chi connectivity index (χ1v) is 10.9. The highest BCUT2D eigenvalue weighted by atomic mass is 16.5. The third kappa shape index (κ3) is 4.47. The lowest BCUT2D eigenvalue weighted by Crippen LogP contribution is -2.56. The van der Waals surface area contributed by atoms with Gasteiger partial charge in [-0.2, -0.15) is 0 Å². The second-order valence-electron chi connectivity index (χ2n) is 8.29. The Bertz CT molecular complexity index is 826. The highest BCUT2D eigenvalue weighted by Gasteiger charge is 2.31. The first-order valence-electron chi connectivity index (χ1n) is 10.9. The lowest BCUT2D eigenvalue weighted by atomic mass is 10.0. The Morgan fingerprint density at radius 3 is 2.72 bits per heavy atom. The predicted molar refractivity (Wildman–Crippen MR) is 114 cm³/mol. The number of rotatable bonds is 5. The normalized spacial score (nSPS) is 20.8. The van der Waals surface area contributed by atoms with Crippen molar-refractivity contribution in [2.45, 2.75) is 45.6 Å². The van der Waals surface area contributed by atoms with E-state index >= 15 is 0 Å². The van der Waals surface area contributed by atoms with Gasteiger partial charge >= 0.3 is 0 Å². The third-order valence-electron chi connectivity index (χ3n) is 6.24. The van der Waals surface area contributed by atoms with E-state index in [9.17, 15) is 4.79 Å². The molecule has 1 aromatic carbocycles. The molecule has 0 N–H and O–H groups in total. The van der Waals surface area contributed by atoms with E-state index in [1.54, 1.807) is 0 Å². The van der Waals surface area contributed by atoms with Gasteiger partial charge in [0.05, 0.1) is 0 Å². The predicted octanol–water partition coefficient (Wildman–Crippen LogP) is 3.36. The molecule has 0 radical (unpaired) electrons. The smallest absolute Gasteiger partial charge is 0.276 e. The van der Waals surface area contributed by atoms with Crippen LogP contribution in [-0.4, -0.2) is 66.2 Å². The van der Waals surface area contributed by atoms with Crippen LogP contribution in [0.25, 0.3) is 0 Å². The van der Waals surface area contributed by atoms with Gasteiger partial charge in [0, 0.05) is 63.5 Å². The van der Waals surface area contributed by atoms with E-state index in [0.717, 1.165) is 70.7 Å². The van der Waals surface area contributed by atoms with Crippen molar-refractivity contribution in [1.82, 2.24) is 15.0 Å². The van der Waals surface area contributed by atoms with E-state index in [4.69, 9.17) is 4.52 Å². The van der Waals surface area contributed by atoms with Crippen LogP contribution in [0, 0.1) is 6.92 Å². The fraction of sp³-hybridized carbons (Fsp3) is 0.565. The van der Waals surface area contributed by atoms with E-state index in [2.05, 4.69) is 53.1 Å². The SMILES string of the molecule is CCCc1cc(C(=O)N2CCC[C@H](N3CCN(c4ccccc4C)CC3)C2)no1. The van der Waals surface area contributed by atoms with Crippen molar-refractivity contribution < 1.29 is 9.32 Å². The van der Waals surface area contributed by atoms with Crippen molar-refractivity contribution >= 4 is 11.6 Å². The van der Waals surface area contributed by atoms with Gasteiger partial charge < -0.3 is 14.3 Å². The number of likely N-dealkylation sites (tertiary alicyclic amines) is 1. The molecule has 4 rings (SSSR count). The summed E-state index contributed by atoms with van der Waals surface area (Å²) in [5, 5.41) is 4.01. The molecule has 2 saturated heterocycles. The summed E-state index contributed by atoms with van der Waals surface area (Å²) in [6.07, 6.45) is 4.03. The minimum atomic E-state index is 0.0133. The van der Waals surface area contributed by atoms with E-state index in [1.165, 1.54) is 11.3 Å². The number of piperidine rings is 1. The second kappa shape index (κ2) is 8.99. The quantitative estimate of drug-likeness (QED) is 0.776. The maximum absolute atomic E-state index is 12.9. The number of para-hydroxylation sites is 1. The second-order valence-corrected chi connectivity index (χ2v) is 8.29. The van der Waals surface area contributed by atoms with Gasteiger partial charge in [-0.3, -0.25) is 9.69 Å². The number of aryl methyl sites for hydroxylation is 2. The number of anilines is 1. The van der Waals surface area contributed by atoms with Crippen molar-refractivity contribution in [3.8, 4) is 0 Å². The van der Waals surface area contributed by atoms with E-state index in [0.29, 0.717) is 11.7 Å². The van der Waals surface area contributed by atoms with Crippen molar-refractivity contribution in [3.05, 3.63) is 47.3 Å². The van der Waals surface area contributed by atoms with Crippen LogP contribution >= 0.6 is 0 Å². The van der Waals surface area contributed by atoms with Gasteiger partial charge in [0.2, 0.25) is 0 Å². The van der Waals surface area contributed by atoms with Crippen LogP contribution in [-0.2, 0) is 6.42 Å². The molecular weight excluding hydrogens is 364 g/mol. The summed E-state index contributed by atoms with van der Waals surface area (Å²) in [5.41, 5.74) is 3.14. The summed E-state index contributed by atoms with van der Waals surface area (Å²) in [6, 6.07) is 10.9. The molecule has 29 heavy (non-hydrogen) atoms. The summed E-state index contributed by atoms with van der Waals surface area (Å²) >= 11 is 0. The number of aromatic nitrogens is 1. The molecule has 0 unspecified atom stereocenters. The third-order valence-corrected chi connectivity index (χ3v) is 6.24. The zero-order valence-corrected chi connectivity index (χ0v) is 17.6. The van der Waals surface area contributed by atoms with Gasteiger partial charge in [-0.15, -0.1) is 0 Å². The van der Waals surface area contributed by atoms with Crippen LogP contribution < -0.4 is 4.90 Å². The summed E-state index contributed by atoms with van der Waals surface area (Å²) in [5.74, 6) is 0.816. The minimum Gasteiger partial charge on any atom is -0.369 e. The number of nitrogens with zero attached hydrogens (tertiary/aromatic N) is 4. The number of carbonyl (C=O) groups is 1. The number of hydrogen-bond donors (Lipinski definition) is 0. The van der Waals surface area contributed by atoms with Gasteiger partial charge in [0.25, 0.3) is 5.91 Å². The molecular formula is C23H32N4O2. The molecule has 2 aliphatic heterocycles. The summed E-state index contributed by atoms with van der Waals surface area (Å²) < 4.78 is 5.31. The molecule has 0 aliphatic carbocycles. The van der Waals surface area contributed by atoms with Gasteiger partial charge in [0.1, 0.15) is 5.76 Å². The zero-order chi connectivity index (χ0) is 20.2. The van der Waals surface area contributed by atoms with Crippen molar-refractivity contribution in [3.63, 3.8) is 0 Å². The highest BCUT2D eigenvalue weighted by molar-refractivity contribution is 5.92. The van der Waals surface area contributed by atoms with Crippen LogP contribution in [0.15, 0.2) is 34.9 Å². The van der Waals surface area contributed by atoms with E-state index in [-0.39, 0.29) is 5.91 Å². The Labute approximate surface area is 173 Å². The Balaban J connectivity index is 1.34. The molecule has 1 amide bonds. The number of amides is 1. The van der Waals surface area contributed by atoms with Gasteiger partial charge in [0.15, 0.2) is 5.69 Å². The van der Waals surface area contributed by atoms with Crippen molar-refractivity contribution in [2.75, 3.05) is 44.2 Å². The summed E-state index contributed by atoms with van der Waals surface area (Å²) in [6.45, 7) is 10.1. The van der Waals surface area contributed by atoms with Crippen LogP contribution in [0.3, 0.4) is 0 Å². The molecule has 1 atom stereocenters. The van der Waals surface area contributed by atoms with Crippen LogP contribution in [0.2, 0.25) is 0 Å². The molecule has 6 heteroatoms. The highest BCUT2D eigenvalue weighted by Crippen LogP contribution is 2.24. The van der Waals surface area contributed by atoms with Crippen LogP contribution in [0.1, 0.15) is 48.0 Å². The van der Waals surface area contributed by atoms with Gasteiger partial charge in [-0.1, -0.05) is 30.3 Å². The molecule has 3 heterocycles. The molecule has 2 fully saturated rings. The summed E-state index contributed by atoms with van der Waals surface area (Å²) in [7, 11) is 0. The molecule has 156 valence electrons. The molecule has 1 aromatic heterocycles.